The molecule has 0 spiro atoms. The lowest BCUT2D eigenvalue weighted by Gasteiger charge is -2.02. The maximum atomic E-state index is 5.75. The number of aromatic amines is 1. The number of aromatic nitrogens is 2. The van der Waals surface area contributed by atoms with Crippen LogP contribution in [0.3, 0.4) is 0 Å². The number of fused-ring (bicyclic) bond motifs is 1. The molecule has 0 amide bonds. The van der Waals surface area contributed by atoms with Crippen LogP contribution in [-0.4, -0.2) is 16.1 Å². The Morgan fingerprint density at radius 2 is 2.40 bits per heavy atom. The Kier molecular flexibility index (Phi) is 1.85. The van der Waals surface area contributed by atoms with Gasteiger partial charge in [-0.1, -0.05) is 17.8 Å². The van der Waals surface area contributed by atoms with Gasteiger partial charge in [-0.3, -0.25) is 5.10 Å². The van der Waals surface area contributed by atoms with E-state index in [-0.39, 0.29) is 0 Å². The van der Waals surface area contributed by atoms with Gasteiger partial charge in [0.05, 0.1) is 11.1 Å². The Balaban J connectivity index is 2.11. The van der Waals surface area contributed by atoms with Crippen LogP contribution >= 0.6 is 11.8 Å². The fourth-order valence-corrected chi connectivity index (χ4v) is 2.33. The van der Waals surface area contributed by atoms with E-state index >= 15 is 0 Å². The summed E-state index contributed by atoms with van der Waals surface area (Å²) in [6, 6.07) is 6.08. The molecule has 0 saturated carbocycles. The highest BCUT2D eigenvalue weighted by Crippen LogP contribution is 2.39. The van der Waals surface area contributed by atoms with E-state index < -0.39 is 0 Å². The molecule has 5 heteroatoms. The molecule has 1 aromatic heterocycles. The molecule has 2 aromatic rings. The first-order valence-corrected chi connectivity index (χ1v) is 5.52. The van der Waals surface area contributed by atoms with Gasteiger partial charge in [0.25, 0.3) is 0 Å². The zero-order valence-electron chi connectivity index (χ0n) is 7.86. The molecule has 1 aromatic carbocycles. The van der Waals surface area contributed by atoms with Crippen LogP contribution in [0.15, 0.2) is 29.3 Å². The second-order valence-corrected chi connectivity index (χ2v) is 4.23. The molecule has 0 unspecified atom stereocenters. The fraction of sp³-hybridized carbons (Fsp3) is 0.100. The average Bonchev–Trinajstić information content (AvgIpc) is 2.84. The van der Waals surface area contributed by atoms with Crippen LogP contribution in [0.2, 0.25) is 0 Å². The SMILES string of the molecule is Nc1[nH]ncc1-c1ccc2c(c1)OCS2. The Hall–Kier alpha value is -1.62. The Morgan fingerprint density at radius 3 is 3.20 bits per heavy atom. The highest BCUT2D eigenvalue weighted by Gasteiger charge is 2.14. The number of hydrogen-bond acceptors (Lipinski definition) is 4. The third-order valence-electron chi connectivity index (χ3n) is 2.35. The molecule has 0 radical (unpaired) electrons. The summed E-state index contributed by atoms with van der Waals surface area (Å²) in [5, 5.41) is 6.61. The van der Waals surface area contributed by atoms with Crippen molar-refractivity contribution in [1.82, 2.24) is 10.2 Å². The van der Waals surface area contributed by atoms with E-state index in [0.717, 1.165) is 16.9 Å². The van der Waals surface area contributed by atoms with Gasteiger partial charge in [-0.15, -0.1) is 0 Å². The Bertz CT molecular complexity index is 509. The number of anilines is 1. The number of hydrogen-bond donors (Lipinski definition) is 2. The van der Waals surface area contributed by atoms with Crippen LogP contribution in [0.25, 0.3) is 11.1 Å². The first-order chi connectivity index (χ1) is 7.34. The van der Waals surface area contributed by atoms with E-state index in [0.29, 0.717) is 11.8 Å². The minimum Gasteiger partial charge on any atom is -0.481 e. The van der Waals surface area contributed by atoms with E-state index in [2.05, 4.69) is 16.3 Å². The summed E-state index contributed by atoms with van der Waals surface area (Å²) in [6.07, 6.45) is 1.72. The largest absolute Gasteiger partial charge is 0.481 e. The number of benzene rings is 1. The number of nitrogens with one attached hydrogen (secondary N) is 1. The molecular weight excluding hydrogens is 210 g/mol. The highest BCUT2D eigenvalue weighted by atomic mass is 32.2. The summed E-state index contributed by atoms with van der Waals surface area (Å²) in [5.41, 5.74) is 7.70. The summed E-state index contributed by atoms with van der Waals surface area (Å²) in [7, 11) is 0. The predicted molar refractivity (Wildman–Crippen MR) is 59.8 cm³/mol. The zero-order chi connectivity index (χ0) is 10.3. The lowest BCUT2D eigenvalue weighted by molar-refractivity contribution is 0.398. The van der Waals surface area contributed by atoms with Gasteiger partial charge >= 0.3 is 0 Å². The van der Waals surface area contributed by atoms with Crippen LogP contribution in [0.5, 0.6) is 5.75 Å². The summed E-state index contributed by atoms with van der Waals surface area (Å²) < 4.78 is 5.47. The van der Waals surface area contributed by atoms with Crippen LogP contribution in [0.4, 0.5) is 5.82 Å². The van der Waals surface area contributed by atoms with Crippen LogP contribution < -0.4 is 10.5 Å². The standard InChI is InChI=1S/C10H9N3OS/c11-10-7(4-12-13-10)6-1-2-9-8(3-6)14-5-15-9/h1-4H,5H2,(H3,11,12,13). The highest BCUT2D eigenvalue weighted by molar-refractivity contribution is 7.99. The molecule has 76 valence electrons. The second-order valence-electron chi connectivity index (χ2n) is 3.27. The maximum absolute atomic E-state index is 5.75. The average molecular weight is 219 g/mol. The number of ether oxygens (including phenoxy) is 1. The van der Waals surface area contributed by atoms with E-state index in [1.807, 2.05) is 12.1 Å². The maximum Gasteiger partial charge on any atom is 0.138 e. The van der Waals surface area contributed by atoms with Gasteiger partial charge in [0.15, 0.2) is 0 Å². The predicted octanol–water partition coefficient (Wildman–Crippen LogP) is 2.10. The number of nitrogens with two attached hydrogens (primary N) is 1. The topological polar surface area (TPSA) is 63.9 Å². The van der Waals surface area contributed by atoms with Gasteiger partial charge in [0.1, 0.15) is 17.5 Å². The van der Waals surface area contributed by atoms with Gasteiger partial charge in [0, 0.05) is 5.56 Å². The van der Waals surface area contributed by atoms with Gasteiger partial charge in [-0.05, 0) is 17.7 Å². The summed E-state index contributed by atoms with van der Waals surface area (Å²) in [6.45, 7) is 0. The fourth-order valence-electron chi connectivity index (χ4n) is 1.59. The van der Waals surface area contributed by atoms with Crippen molar-refractivity contribution in [3.63, 3.8) is 0 Å². The van der Waals surface area contributed by atoms with Crippen LogP contribution in [0.1, 0.15) is 0 Å². The van der Waals surface area contributed by atoms with Gasteiger partial charge in [-0.2, -0.15) is 5.10 Å². The monoisotopic (exact) mass is 219 g/mol. The molecule has 0 aliphatic carbocycles. The normalized spacial score (nSPS) is 13.6. The van der Waals surface area contributed by atoms with Crippen molar-refractivity contribution in [3.05, 3.63) is 24.4 Å². The van der Waals surface area contributed by atoms with Crippen molar-refractivity contribution in [1.29, 1.82) is 0 Å². The molecule has 3 rings (SSSR count). The number of thioether (sulfide) groups is 1. The first kappa shape index (κ1) is 8.67. The molecular formula is C10H9N3OS. The van der Waals surface area contributed by atoms with Gasteiger partial charge in [0.2, 0.25) is 0 Å². The Morgan fingerprint density at radius 1 is 1.47 bits per heavy atom. The van der Waals surface area contributed by atoms with Crippen molar-refractivity contribution in [2.75, 3.05) is 11.7 Å². The smallest absolute Gasteiger partial charge is 0.138 e. The van der Waals surface area contributed by atoms with Crippen molar-refractivity contribution < 1.29 is 4.74 Å². The van der Waals surface area contributed by atoms with Crippen LogP contribution in [0, 0.1) is 0 Å². The molecule has 3 N–H and O–H groups in total. The molecule has 4 nitrogen and oxygen atoms in total. The van der Waals surface area contributed by atoms with E-state index in [4.69, 9.17) is 10.5 Å². The molecule has 15 heavy (non-hydrogen) atoms. The molecule has 0 saturated heterocycles. The minimum atomic E-state index is 0.584. The molecule has 1 aliphatic rings. The molecule has 0 fully saturated rings. The number of nitrogens with zero attached hydrogens (tertiary/aromatic N) is 1. The summed E-state index contributed by atoms with van der Waals surface area (Å²) in [5.74, 6) is 2.21. The van der Waals surface area contributed by atoms with E-state index in [1.165, 1.54) is 4.90 Å². The van der Waals surface area contributed by atoms with Crippen molar-refractivity contribution in [2.24, 2.45) is 0 Å². The first-order valence-electron chi connectivity index (χ1n) is 4.53. The molecule has 2 heterocycles. The summed E-state index contributed by atoms with van der Waals surface area (Å²) >= 11 is 1.70. The number of H-pyrrole nitrogens is 1. The van der Waals surface area contributed by atoms with Gasteiger partial charge in [-0.25, -0.2) is 0 Å². The lowest BCUT2D eigenvalue weighted by Crippen LogP contribution is -1.88. The summed E-state index contributed by atoms with van der Waals surface area (Å²) in [4.78, 5) is 1.18. The van der Waals surface area contributed by atoms with Gasteiger partial charge < -0.3 is 10.5 Å². The quantitative estimate of drug-likeness (QED) is 0.771. The number of nitrogen functional groups attached to an aromatic ring is 1. The minimum absolute atomic E-state index is 0.584. The van der Waals surface area contributed by atoms with Crippen molar-refractivity contribution in [2.45, 2.75) is 4.90 Å². The molecule has 1 aliphatic heterocycles. The van der Waals surface area contributed by atoms with E-state index in [9.17, 15) is 0 Å². The third kappa shape index (κ3) is 1.35. The second kappa shape index (κ2) is 3.20. The zero-order valence-corrected chi connectivity index (χ0v) is 8.67. The van der Waals surface area contributed by atoms with Crippen molar-refractivity contribution in [3.8, 4) is 16.9 Å². The van der Waals surface area contributed by atoms with E-state index in [1.54, 1.807) is 18.0 Å². The molecule has 0 bridgehead atoms. The van der Waals surface area contributed by atoms with Crippen molar-refractivity contribution >= 4 is 17.6 Å². The Labute approximate surface area is 90.8 Å². The third-order valence-corrected chi connectivity index (χ3v) is 3.24. The number of rotatable bonds is 1. The molecule has 0 atom stereocenters. The van der Waals surface area contributed by atoms with Crippen LogP contribution in [-0.2, 0) is 0 Å². The lowest BCUT2D eigenvalue weighted by atomic mass is 10.1.